The molecule has 3 unspecified atom stereocenters. The third kappa shape index (κ3) is 43.6. The van der Waals surface area contributed by atoms with Crippen molar-refractivity contribution in [2.24, 2.45) is 46.8 Å². The number of primary amides is 1. The molecule has 89 heavy (non-hydrogen) atoms. The van der Waals surface area contributed by atoms with Gasteiger partial charge in [-0.05, 0) is 87.8 Å². The van der Waals surface area contributed by atoms with E-state index in [1.165, 1.54) is 12.1 Å². The van der Waals surface area contributed by atoms with E-state index in [0.29, 0.717) is 108 Å². The highest BCUT2D eigenvalue weighted by atomic mass is 32.2. The second-order valence-corrected chi connectivity index (χ2v) is 26.0. The Kier molecular flexibility index (Phi) is 44.8. The first kappa shape index (κ1) is 81.3. The number of carbonyl (C=O) groups excluding carboxylic acids is 8. The Hall–Kier alpha value is -5.69. The Labute approximate surface area is 529 Å². The van der Waals surface area contributed by atoms with Crippen molar-refractivity contribution in [1.29, 1.82) is 5.41 Å². The summed E-state index contributed by atoms with van der Waals surface area (Å²) in [6.07, 6.45) is 18.6. The molecule has 0 radical (unpaired) electrons. The number of carboxylic acid groups (broad SMARTS) is 1. The van der Waals surface area contributed by atoms with Gasteiger partial charge < -0.3 is 52.8 Å². The number of phenols is 1. The molecule has 0 heterocycles. The highest BCUT2D eigenvalue weighted by Crippen LogP contribution is 2.31. The van der Waals surface area contributed by atoms with Crippen LogP contribution in [-0.4, -0.2) is 139 Å². The fourth-order valence-corrected chi connectivity index (χ4v) is 11.2. The molecule has 0 saturated carbocycles. The van der Waals surface area contributed by atoms with Gasteiger partial charge in [-0.25, -0.2) is 4.79 Å². The summed E-state index contributed by atoms with van der Waals surface area (Å²) in [6, 6.07) is 4.34. The molecule has 0 aliphatic carbocycles. The quantitative estimate of drug-likeness (QED) is 0.0128. The Morgan fingerprint density at radius 1 is 0.584 bits per heavy atom. The third-order valence-electron chi connectivity index (χ3n) is 15.8. The topological polar surface area (TPSA) is 405 Å². The largest absolute Gasteiger partial charge is 0.508 e. The van der Waals surface area contributed by atoms with E-state index in [1.54, 1.807) is 19.1 Å². The first-order chi connectivity index (χ1) is 42.3. The zero-order valence-corrected chi connectivity index (χ0v) is 54.5. The van der Waals surface area contributed by atoms with E-state index < -0.39 is 57.7 Å². The second-order valence-electron chi connectivity index (χ2n) is 24.4. The molecule has 0 aliphatic rings. The van der Waals surface area contributed by atoms with E-state index in [4.69, 9.17) is 36.6 Å². The molecule has 0 aliphatic heterocycles. The van der Waals surface area contributed by atoms with E-state index in [1.807, 2.05) is 13.8 Å². The van der Waals surface area contributed by atoms with Gasteiger partial charge >= 0.3 is 5.97 Å². The lowest BCUT2D eigenvalue weighted by atomic mass is 9.75. The second kappa shape index (κ2) is 49.1. The number of unbranched alkanes of at least 4 members (excludes halogenated alkanes) is 16. The van der Waals surface area contributed by atoms with Crippen LogP contribution in [0.15, 0.2) is 24.3 Å². The average molecular weight is 1280 g/mol. The number of benzene rings is 1. The normalized spacial score (nSPS) is 13.6. The molecule has 4 amide bonds. The molecule has 6 atom stereocenters. The van der Waals surface area contributed by atoms with Crippen LogP contribution in [0, 0.1) is 35.0 Å². The number of aliphatic carboxylic acids is 1. The predicted molar refractivity (Wildman–Crippen MR) is 342 cm³/mol. The molecule has 23 nitrogen and oxygen atoms in total. The van der Waals surface area contributed by atoms with Crippen molar-refractivity contribution in [2.45, 2.75) is 238 Å². The maximum absolute atomic E-state index is 14.4. The van der Waals surface area contributed by atoms with Crippen molar-refractivity contribution >= 4 is 68.7 Å². The summed E-state index contributed by atoms with van der Waals surface area (Å²) in [5, 5.41) is 35.0. The summed E-state index contributed by atoms with van der Waals surface area (Å²) < 4.78 is 41.2. The standard InChI is InChI=1S/C65H111N7O16S/c1-47(2)42-54(75)44-50(62(79)48(3)55(26-19-20-28-59(67)68)58(76)45-51(63(69)80)43-49-30-32-52(73)33-31-49)24-21-22-36-71-64(81)56(66)27-17-15-16-25-53(74)46-88-40-39-87-38-37-70-60(77)35-34-57(65(82)83)72-61(78)29-18-13-11-9-7-5-4-6-8-10-12-14-23-41-89(84,85)86/h30-33,47-48,50-51,55-57,73H,4-29,34-46,66H2,1-3H3,(H3,67,68)(H2,69,80)(H,70,77)(H,71,81)(H,72,78)(H,82,83)(H,84,85,86)/t48?,50-,51-,55-,56?,57?/m1/s1. The van der Waals surface area contributed by atoms with E-state index in [2.05, 4.69) is 16.0 Å². The summed E-state index contributed by atoms with van der Waals surface area (Å²) in [6.45, 7) is 6.47. The summed E-state index contributed by atoms with van der Waals surface area (Å²) >= 11 is 0. The number of nitrogens with two attached hydrogens (primary N) is 3. The summed E-state index contributed by atoms with van der Waals surface area (Å²) in [7, 11) is -3.86. The minimum absolute atomic E-state index is 0.0144. The van der Waals surface area contributed by atoms with Crippen molar-refractivity contribution in [3.8, 4) is 5.75 Å². The number of ketones is 4. The van der Waals surface area contributed by atoms with Gasteiger partial charge in [0, 0.05) is 81.7 Å². The number of phenolic OH excluding ortho intramolecular Hbond substituents is 1. The van der Waals surface area contributed by atoms with E-state index in [-0.39, 0.29) is 136 Å². The first-order valence-corrected chi connectivity index (χ1v) is 34.3. The summed E-state index contributed by atoms with van der Waals surface area (Å²) in [4.78, 5) is 116. The minimum atomic E-state index is -3.86. The fourth-order valence-electron chi connectivity index (χ4n) is 10.7. The predicted octanol–water partition coefficient (Wildman–Crippen LogP) is 7.92. The number of Topliss-reactive ketones (excluding diaryl/α,β-unsaturated/α-hetero) is 4. The number of hydrogen-bond acceptors (Lipinski definition) is 16. The summed E-state index contributed by atoms with van der Waals surface area (Å²) in [5.74, 6) is -6.64. The molecule has 13 N–H and O–H groups in total. The van der Waals surface area contributed by atoms with Crippen LogP contribution in [0.5, 0.6) is 5.75 Å². The number of ether oxygens (including phenoxy) is 2. The molecule has 0 aromatic heterocycles. The molecule has 0 fully saturated rings. The number of amidine groups is 1. The number of carboxylic acids is 1. The minimum Gasteiger partial charge on any atom is -0.508 e. The Morgan fingerprint density at radius 3 is 1.74 bits per heavy atom. The van der Waals surface area contributed by atoms with Crippen LogP contribution in [0.1, 0.15) is 225 Å². The van der Waals surface area contributed by atoms with Crippen molar-refractivity contribution in [1.82, 2.24) is 16.0 Å². The average Bonchev–Trinajstić information content (AvgIpc) is 3.67. The Morgan fingerprint density at radius 2 is 1.15 bits per heavy atom. The number of aromatic hydroxyl groups is 1. The van der Waals surface area contributed by atoms with Crippen molar-refractivity contribution in [3.05, 3.63) is 29.8 Å². The number of nitrogens with one attached hydrogen (secondary N) is 4. The molecule has 508 valence electrons. The lowest BCUT2D eigenvalue weighted by Crippen LogP contribution is -2.41. The van der Waals surface area contributed by atoms with Gasteiger partial charge in [0.05, 0.1) is 37.5 Å². The van der Waals surface area contributed by atoms with Crippen molar-refractivity contribution in [2.75, 3.05) is 45.3 Å². The zero-order valence-electron chi connectivity index (χ0n) is 53.7. The molecule has 0 saturated heterocycles. The van der Waals surface area contributed by atoms with Crippen LogP contribution in [-0.2, 0) is 69.2 Å². The van der Waals surface area contributed by atoms with Crippen LogP contribution in [0.3, 0.4) is 0 Å². The molecule has 1 aromatic rings. The van der Waals surface area contributed by atoms with Crippen LogP contribution >= 0.6 is 0 Å². The molecular weight excluding hydrogens is 1170 g/mol. The van der Waals surface area contributed by atoms with Gasteiger partial charge in [0.15, 0.2) is 5.78 Å². The van der Waals surface area contributed by atoms with Gasteiger partial charge in [0.25, 0.3) is 10.1 Å². The summed E-state index contributed by atoms with van der Waals surface area (Å²) in [5.41, 5.74) is 18.3. The monoisotopic (exact) mass is 1280 g/mol. The van der Waals surface area contributed by atoms with Crippen molar-refractivity contribution in [3.63, 3.8) is 0 Å². The molecule has 0 spiro atoms. The van der Waals surface area contributed by atoms with Crippen molar-refractivity contribution < 1.29 is 75.8 Å². The van der Waals surface area contributed by atoms with Gasteiger partial charge in [0.2, 0.25) is 23.6 Å². The third-order valence-corrected chi connectivity index (χ3v) is 16.7. The van der Waals surface area contributed by atoms with E-state index in [0.717, 1.165) is 70.6 Å². The van der Waals surface area contributed by atoms with Gasteiger partial charge in [-0.2, -0.15) is 8.42 Å². The molecular formula is C65H111N7O16S. The van der Waals surface area contributed by atoms with E-state index in [9.17, 15) is 61.8 Å². The van der Waals surface area contributed by atoms with Gasteiger partial charge in [-0.15, -0.1) is 0 Å². The fraction of sp³-hybridized carbons (Fsp3) is 0.754. The molecule has 1 aromatic carbocycles. The Bertz CT molecular complexity index is 2370. The lowest BCUT2D eigenvalue weighted by Gasteiger charge is -2.27. The highest BCUT2D eigenvalue weighted by molar-refractivity contribution is 7.85. The number of rotatable bonds is 59. The van der Waals surface area contributed by atoms with Crippen LogP contribution in [0.4, 0.5) is 0 Å². The number of carbonyl (C=O) groups is 9. The van der Waals surface area contributed by atoms with Crippen LogP contribution < -0.4 is 33.2 Å². The van der Waals surface area contributed by atoms with E-state index >= 15 is 0 Å². The van der Waals surface area contributed by atoms with Gasteiger partial charge in [-0.3, -0.25) is 48.3 Å². The van der Waals surface area contributed by atoms with Gasteiger partial charge in [-0.1, -0.05) is 129 Å². The van der Waals surface area contributed by atoms with Crippen LogP contribution in [0.2, 0.25) is 0 Å². The molecule has 0 bridgehead atoms. The molecule has 24 heteroatoms. The Balaban J connectivity index is 2.34. The molecule has 1 rings (SSSR count). The lowest BCUT2D eigenvalue weighted by molar-refractivity contribution is -0.142. The van der Waals surface area contributed by atoms with Crippen LogP contribution in [0.25, 0.3) is 0 Å². The SMILES string of the molecule is CC(C)CC(=O)C[C@@H](CCCCNC(=O)C(N)CCCCCC(=O)COCCOCCNC(=O)CCC(NC(=O)CCCCCCCCCCCCCCCS(=O)(=O)O)C(=O)O)C(=O)C(C)[C@@H](CCCCC(=N)N)C(=O)C[C@@H](Cc1ccc(O)cc1)C(N)=O. The highest BCUT2D eigenvalue weighted by Gasteiger charge is 2.36. The smallest absolute Gasteiger partial charge is 0.326 e. The number of hydrogen-bond donors (Lipinski definition) is 10. The maximum atomic E-state index is 14.4. The number of amides is 4. The van der Waals surface area contributed by atoms with Gasteiger partial charge in [0.1, 0.15) is 35.7 Å². The zero-order chi connectivity index (χ0) is 66.4. The maximum Gasteiger partial charge on any atom is 0.326 e. The first-order valence-electron chi connectivity index (χ1n) is 32.7.